The van der Waals surface area contributed by atoms with Gasteiger partial charge in [0.25, 0.3) is 5.91 Å². The van der Waals surface area contributed by atoms with Crippen LogP contribution in [0.5, 0.6) is 5.75 Å². The molecule has 3 aromatic rings. The van der Waals surface area contributed by atoms with Gasteiger partial charge in [0.1, 0.15) is 5.75 Å². The molecule has 0 aromatic heterocycles. The van der Waals surface area contributed by atoms with Gasteiger partial charge in [-0.3, -0.25) is 9.10 Å². The summed E-state index contributed by atoms with van der Waals surface area (Å²) in [7, 11) is -1.92. The fraction of sp³-hybridized carbons (Fsp3) is 0.269. The normalized spacial score (nSPS) is 11.2. The number of anilines is 2. The number of sulfonamides is 1. The third kappa shape index (κ3) is 5.73. The summed E-state index contributed by atoms with van der Waals surface area (Å²) in [6, 6.07) is 18.2. The molecule has 0 fully saturated rings. The van der Waals surface area contributed by atoms with Gasteiger partial charge >= 0.3 is 0 Å². The number of hydrogen-bond acceptors (Lipinski definition) is 4. The maximum absolute atomic E-state index is 12.8. The van der Waals surface area contributed by atoms with Gasteiger partial charge in [-0.15, -0.1) is 0 Å². The molecule has 0 spiro atoms. The van der Waals surface area contributed by atoms with Gasteiger partial charge < -0.3 is 10.1 Å². The van der Waals surface area contributed by atoms with Crippen LogP contribution in [-0.2, 0) is 16.6 Å². The van der Waals surface area contributed by atoms with E-state index in [0.29, 0.717) is 22.7 Å². The number of nitrogens with one attached hydrogen (secondary N) is 1. The Morgan fingerprint density at radius 2 is 1.64 bits per heavy atom. The topological polar surface area (TPSA) is 75.7 Å². The van der Waals surface area contributed by atoms with Gasteiger partial charge in [0.05, 0.1) is 30.8 Å². The molecule has 3 aromatic carbocycles. The van der Waals surface area contributed by atoms with Crippen molar-refractivity contribution in [3.8, 4) is 5.75 Å². The molecule has 1 amide bonds. The number of carbonyl (C=O) groups excluding carboxylic acids is 1. The third-order valence-corrected chi connectivity index (χ3v) is 7.37. The number of aryl methyl sites for hydroxylation is 3. The van der Waals surface area contributed by atoms with Gasteiger partial charge in [-0.05, 0) is 86.3 Å². The Labute approximate surface area is 196 Å². The second-order valence-electron chi connectivity index (χ2n) is 8.03. The van der Waals surface area contributed by atoms with Crippen LogP contribution in [0.1, 0.15) is 39.5 Å². The van der Waals surface area contributed by atoms with Crippen LogP contribution in [0.4, 0.5) is 11.4 Å². The van der Waals surface area contributed by atoms with E-state index in [1.165, 1.54) is 4.31 Å². The summed E-state index contributed by atoms with van der Waals surface area (Å²) in [4.78, 5) is 12.8. The van der Waals surface area contributed by atoms with Crippen molar-refractivity contribution >= 4 is 27.3 Å². The number of hydrogen-bond donors (Lipinski definition) is 1. The van der Waals surface area contributed by atoms with Crippen LogP contribution in [0.15, 0.2) is 60.7 Å². The lowest BCUT2D eigenvalue weighted by atomic mass is 10.1. The van der Waals surface area contributed by atoms with Crippen LogP contribution in [0.2, 0.25) is 0 Å². The van der Waals surface area contributed by atoms with Crippen LogP contribution in [0.25, 0.3) is 0 Å². The van der Waals surface area contributed by atoms with Gasteiger partial charge in [-0.25, -0.2) is 8.42 Å². The minimum Gasteiger partial charge on any atom is -0.495 e. The SMILES string of the molecule is CCS(=O)(=O)N(Cc1ccc(C(=O)Nc2cc(C)ccc2OC)cc1)c1ccc(C)c(C)c1. The minimum atomic E-state index is -3.48. The summed E-state index contributed by atoms with van der Waals surface area (Å²) in [5.41, 5.74) is 5.63. The van der Waals surface area contributed by atoms with Crippen LogP contribution in [0.3, 0.4) is 0 Å². The van der Waals surface area contributed by atoms with E-state index in [2.05, 4.69) is 5.32 Å². The predicted molar refractivity (Wildman–Crippen MR) is 134 cm³/mol. The summed E-state index contributed by atoms with van der Waals surface area (Å²) in [5.74, 6) is 0.315. The summed E-state index contributed by atoms with van der Waals surface area (Å²) >= 11 is 0. The van der Waals surface area contributed by atoms with E-state index in [9.17, 15) is 13.2 Å². The standard InChI is InChI=1S/C26H30N2O4S/c1-6-33(30,31)28(23-13-8-19(3)20(4)16-23)17-21-9-11-22(12-10-21)26(29)27-24-15-18(2)7-14-25(24)32-5/h7-16H,6,17H2,1-5H3,(H,27,29). The Morgan fingerprint density at radius 1 is 0.939 bits per heavy atom. The van der Waals surface area contributed by atoms with Crippen molar-refractivity contribution in [2.75, 3.05) is 22.5 Å². The van der Waals surface area contributed by atoms with Gasteiger partial charge in [0.15, 0.2) is 0 Å². The lowest BCUT2D eigenvalue weighted by Crippen LogP contribution is -2.32. The molecule has 0 aliphatic rings. The molecule has 0 aliphatic carbocycles. The molecule has 174 valence electrons. The monoisotopic (exact) mass is 466 g/mol. The maximum Gasteiger partial charge on any atom is 0.255 e. The quantitative estimate of drug-likeness (QED) is 0.493. The van der Waals surface area contributed by atoms with Crippen LogP contribution in [-0.4, -0.2) is 27.2 Å². The summed E-state index contributed by atoms with van der Waals surface area (Å²) < 4.78 is 32.4. The average molecular weight is 467 g/mol. The number of nitrogens with zero attached hydrogens (tertiary/aromatic N) is 1. The Bertz CT molecular complexity index is 1250. The van der Waals surface area contributed by atoms with Gasteiger partial charge in [-0.1, -0.05) is 24.3 Å². The Kier molecular flexibility index (Phi) is 7.43. The zero-order valence-corrected chi connectivity index (χ0v) is 20.5. The van der Waals surface area contributed by atoms with Crippen molar-refractivity contribution in [1.82, 2.24) is 0 Å². The second-order valence-corrected chi connectivity index (χ2v) is 10.2. The molecule has 7 heteroatoms. The molecule has 0 saturated carbocycles. The van der Waals surface area contributed by atoms with Crippen molar-refractivity contribution in [1.29, 1.82) is 0 Å². The van der Waals surface area contributed by atoms with Gasteiger partial charge in [0, 0.05) is 5.56 Å². The fourth-order valence-electron chi connectivity index (χ4n) is 3.43. The zero-order chi connectivity index (χ0) is 24.2. The van der Waals surface area contributed by atoms with Crippen LogP contribution in [0, 0.1) is 20.8 Å². The molecule has 0 atom stereocenters. The molecule has 0 radical (unpaired) electrons. The second kappa shape index (κ2) is 10.1. The highest BCUT2D eigenvalue weighted by Gasteiger charge is 2.21. The molecular weight excluding hydrogens is 436 g/mol. The number of benzene rings is 3. The minimum absolute atomic E-state index is 0.00125. The third-order valence-electron chi connectivity index (χ3n) is 5.62. The number of amides is 1. The largest absolute Gasteiger partial charge is 0.495 e. The first-order chi connectivity index (χ1) is 15.6. The van der Waals surface area contributed by atoms with E-state index in [0.717, 1.165) is 22.3 Å². The van der Waals surface area contributed by atoms with E-state index < -0.39 is 10.0 Å². The van der Waals surface area contributed by atoms with E-state index in [4.69, 9.17) is 4.74 Å². The van der Waals surface area contributed by atoms with Crippen molar-refractivity contribution < 1.29 is 17.9 Å². The van der Waals surface area contributed by atoms with Crippen LogP contribution < -0.4 is 14.4 Å². The molecule has 3 rings (SSSR count). The fourth-order valence-corrected chi connectivity index (χ4v) is 4.52. The van der Waals surface area contributed by atoms with E-state index >= 15 is 0 Å². The summed E-state index contributed by atoms with van der Waals surface area (Å²) in [6.45, 7) is 7.72. The number of ether oxygens (including phenoxy) is 1. The lowest BCUT2D eigenvalue weighted by Gasteiger charge is -2.25. The lowest BCUT2D eigenvalue weighted by molar-refractivity contribution is 0.102. The number of carbonyl (C=O) groups is 1. The zero-order valence-electron chi connectivity index (χ0n) is 19.7. The van der Waals surface area contributed by atoms with Crippen molar-refractivity contribution in [3.63, 3.8) is 0 Å². The molecule has 0 unspecified atom stereocenters. The number of rotatable bonds is 8. The summed E-state index contributed by atoms with van der Waals surface area (Å²) in [6.07, 6.45) is 0. The Balaban J connectivity index is 1.82. The Hall–Kier alpha value is -3.32. The van der Waals surface area contributed by atoms with E-state index in [1.54, 1.807) is 38.3 Å². The van der Waals surface area contributed by atoms with Crippen molar-refractivity contribution in [2.45, 2.75) is 34.2 Å². The molecule has 1 N–H and O–H groups in total. The molecule has 33 heavy (non-hydrogen) atoms. The number of methoxy groups -OCH3 is 1. The highest BCUT2D eigenvalue weighted by Crippen LogP contribution is 2.27. The molecule has 0 heterocycles. The van der Waals surface area contributed by atoms with Crippen molar-refractivity contribution in [2.24, 2.45) is 0 Å². The summed E-state index contributed by atoms with van der Waals surface area (Å²) in [5, 5.41) is 2.88. The average Bonchev–Trinajstić information content (AvgIpc) is 2.80. The van der Waals surface area contributed by atoms with Crippen molar-refractivity contribution in [3.05, 3.63) is 88.5 Å². The first kappa shape index (κ1) is 24.3. The van der Waals surface area contributed by atoms with Crippen LogP contribution >= 0.6 is 0 Å². The smallest absolute Gasteiger partial charge is 0.255 e. The maximum atomic E-state index is 12.8. The molecule has 6 nitrogen and oxygen atoms in total. The molecule has 0 bridgehead atoms. The van der Waals surface area contributed by atoms with Gasteiger partial charge in [-0.2, -0.15) is 0 Å². The molecule has 0 saturated heterocycles. The van der Waals surface area contributed by atoms with Gasteiger partial charge in [0.2, 0.25) is 10.0 Å². The Morgan fingerprint density at radius 3 is 2.24 bits per heavy atom. The van der Waals surface area contributed by atoms with E-state index in [-0.39, 0.29) is 18.2 Å². The first-order valence-corrected chi connectivity index (χ1v) is 12.4. The van der Waals surface area contributed by atoms with E-state index in [1.807, 2.05) is 57.2 Å². The highest BCUT2D eigenvalue weighted by atomic mass is 32.2. The molecular formula is C26H30N2O4S. The predicted octanol–water partition coefficient (Wildman–Crippen LogP) is 5.23. The molecule has 0 aliphatic heterocycles. The highest BCUT2D eigenvalue weighted by molar-refractivity contribution is 7.92. The first-order valence-electron chi connectivity index (χ1n) is 10.8.